The molecule has 3 rings (SSSR count). The topological polar surface area (TPSA) is 55.8 Å². The molecule has 0 aromatic carbocycles. The van der Waals surface area contributed by atoms with E-state index in [1.165, 1.54) is 0 Å². The quantitative estimate of drug-likeness (QED) is 0.700. The standard InChI is InChI=1S/C14H22N6O/c1-17-4-8-19(9-5-17)13-2-3-15-14(16-13)20-10-6-18(12-21)7-11-20/h2-3,12H,4-11H2,1H3. The van der Waals surface area contributed by atoms with E-state index in [9.17, 15) is 4.79 Å². The Labute approximate surface area is 125 Å². The average molecular weight is 290 g/mol. The molecule has 2 aliphatic rings. The van der Waals surface area contributed by atoms with E-state index in [-0.39, 0.29) is 0 Å². The molecule has 2 saturated heterocycles. The van der Waals surface area contributed by atoms with Gasteiger partial charge < -0.3 is 19.6 Å². The van der Waals surface area contributed by atoms with Crippen molar-refractivity contribution in [3.8, 4) is 0 Å². The first kappa shape index (κ1) is 14.1. The molecule has 0 spiro atoms. The Bertz CT molecular complexity index is 480. The summed E-state index contributed by atoms with van der Waals surface area (Å²) in [6, 6.07) is 1.98. The Morgan fingerprint density at radius 3 is 2.33 bits per heavy atom. The highest BCUT2D eigenvalue weighted by Crippen LogP contribution is 2.17. The summed E-state index contributed by atoms with van der Waals surface area (Å²) >= 11 is 0. The molecular weight excluding hydrogens is 268 g/mol. The van der Waals surface area contributed by atoms with E-state index in [1.807, 2.05) is 12.3 Å². The predicted molar refractivity (Wildman–Crippen MR) is 81.6 cm³/mol. The first-order valence-electron chi connectivity index (χ1n) is 7.47. The summed E-state index contributed by atoms with van der Waals surface area (Å²) in [7, 11) is 2.15. The lowest BCUT2D eigenvalue weighted by molar-refractivity contribution is -0.118. The number of hydrogen-bond donors (Lipinski definition) is 0. The molecule has 0 unspecified atom stereocenters. The maximum atomic E-state index is 10.8. The highest BCUT2D eigenvalue weighted by Gasteiger charge is 2.20. The Morgan fingerprint density at radius 1 is 1.00 bits per heavy atom. The summed E-state index contributed by atoms with van der Waals surface area (Å²) < 4.78 is 0. The van der Waals surface area contributed by atoms with Crippen molar-refractivity contribution < 1.29 is 4.79 Å². The molecule has 2 fully saturated rings. The first-order valence-corrected chi connectivity index (χ1v) is 7.47. The maximum Gasteiger partial charge on any atom is 0.227 e. The minimum atomic E-state index is 0.742. The van der Waals surface area contributed by atoms with Crippen LogP contribution in [0.5, 0.6) is 0 Å². The number of carbonyl (C=O) groups excluding carboxylic acids is 1. The van der Waals surface area contributed by atoms with Gasteiger partial charge in [0.05, 0.1) is 0 Å². The van der Waals surface area contributed by atoms with Crippen LogP contribution in [0.25, 0.3) is 0 Å². The Balaban J connectivity index is 1.67. The molecule has 0 saturated carbocycles. The summed E-state index contributed by atoms with van der Waals surface area (Å²) in [5.41, 5.74) is 0. The highest BCUT2D eigenvalue weighted by molar-refractivity contribution is 5.49. The normalized spacial score (nSPS) is 20.7. The molecule has 21 heavy (non-hydrogen) atoms. The van der Waals surface area contributed by atoms with Gasteiger partial charge in [-0.1, -0.05) is 0 Å². The fourth-order valence-corrected chi connectivity index (χ4v) is 2.73. The molecular formula is C14H22N6O. The van der Waals surface area contributed by atoms with E-state index in [4.69, 9.17) is 4.98 Å². The summed E-state index contributed by atoms with van der Waals surface area (Å²) in [6.45, 7) is 7.22. The van der Waals surface area contributed by atoms with Crippen LogP contribution in [-0.2, 0) is 4.79 Å². The second-order valence-electron chi connectivity index (χ2n) is 5.63. The van der Waals surface area contributed by atoms with Crippen molar-refractivity contribution in [2.75, 3.05) is 69.2 Å². The van der Waals surface area contributed by atoms with Gasteiger partial charge in [-0.05, 0) is 13.1 Å². The fourth-order valence-electron chi connectivity index (χ4n) is 2.73. The number of nitrogens with zero attached hydrogens (tertiary/aromatic N) is 6. The lowest BCUT2D eigenvalue weighted by Gasteiger charge is -2.35. The molecule has 0 N–H and O–H groups in total. The zero-order valence-corrected chi connectivity index (χ0v) is 12.5. The molecule has 1 amide bonds. The second-order valence-corrected chi connectivity index (χ2v) is 5.63. The molecule has 2 aliphatic heterocycles. The Hall–Kier alpha value is -1.89. The van der Waals surface area contributed by atoms with Crippen LogP contribution in [0.15, 0.2) is 12.3 Å². The van der Waals surface area contributed by atoms with Gasteiger partial charge in [0.2, 0.25) is 12.4 Å². The molecule has 1 aromatic rings. The number of hydrogen-bond acceptors (Lipinski definition) is 6. The molecule has 7 nitrogen and oxygen atoms in total. The van der Waals surface area contributed by atoms with Crippen molar-refractivity contribution in [3.05, 3.63) is 12.3 Å². The van der Waals surface area contributed by atoms with Crippen LogP contribution in [-0.4, -0.2) is 85.6 Å². The van der Waals surface area contributed by atoms with Crippen LogP contribution >= 0.6 is 0 Å². The zero-order chi connectivity index (χ0) is 14.7. The number of likely N-dealkylation sites (N-methyl/N-ethyl adjacent to an activating group) is 1. The average Bonchev–Trinajstić information content (AvgIpc) is 2.56. The third-order valence-electron chi connectivity index (χ3n) is 4.20. The number of piperazine rings is 2. The van der Waals surface area contributed by atoms with Crippen LogP contribution in [0.2, 0.25) is 0 Å². The van der Waals surface area contributed by atoms with Gasteiger partial charge in [-0.25, -0.2) is 4.98 Å². The third-order valence-corrected chi connectivity index (χ3v) is 4.20. The SMILES string of the molecule is CN1CCN(c2ccnc(N3CCN(C=O)CC3)n2)CC1. The van der Waals surface area contributed by atoms with E-state index in [1.54, 1.807) is 4.90 Å². The molecule has 0 aliphatic carbocycles. The number of aromatic nitrogens is 2. The monoisotopic (exact) mass is 290 g/mol. The van der Waals surface area contributed by atoms with Crippen molar-refractivity contribution >= 4 is 18.2 Å². The van der Waals surface area contributed by atoms with Gasteiger partial charge in [-0.15, -0.1) is 0 Å². The van der Waals surface area contributed by atoms with Crippen LogP contribution < -0.4 is 9.80 Å². The van der Waals surface area contributed by atoms with Crippen LogP contribution in [0, 0.1) is 0 Å². The van der Waals surface area contributed by atoms with Crippen molar-refractivity contribution in [1.82, 2.24) is 19.8 Å². The van der Waals surface area contributed by atoms with E-state index in [2.05, 4.69) is 26.7 Å². The van der Waals surface area contributed by atoms with Crippen LogP contribution in [0.4, 0.5) is 11.8 Å². The van der Waals surface area contributed by atoms with Gasteiger partial charge >= 0.3 is 0 Å². The number of carbonyl (C=O) groups is 1. The minimum Gasteiger partial charge on any atom is -0.354 e. The summed E-state index contributed by atoms with van der Waals surface area (Å²) in [6.07, 6.45) is 2.75. The molecule has 1 aromatic heterocycles. The van der Waals surface area contributed by atoms with Crippen molar-refractivity contribution in [2.24, 2.45) is 0 Å². The van der Waals surface area contributed by atoms with Crippen LogP contribution in [0.3, 0.4) is 0 Å². The number of anilines is 2. The predicted octanol–water partition coefficient (Wildman–Crippen LogP) is -0.493. The second kappa shape index (κ2) is 6.26. The molecule has 0 atom stereocenters. The molecule has 7 heteroatoms. The third kappa shape index (κ3) is 3.24. The molecule has 0 bridgehead atoms. The van der Waals surface area contributed by atoms with Gasteiger partial charge in [0, 0.05) is 58.6 Å². The van der Waals surface area contributed by atoms with E-state index >= 15 is 0 Å². The summed E-state index contributed by atoms with van der Waals surface area (Å²) in [5, 5.41) is 0. The first-order chi connectivity index (χ1) is 10.3. The largest absolute Gasteiger partial charge is 0.354 e. The smallest absolute Gasteiger partial charge is 0.227 e. The van der Waals surface area contributed by atoms with Crippen LogP contribution in [0.1, 0.15) is 0 Å². The summed E-state index contributed by atoms with van der Waals surface area (Å²) in [5.74, 6) is 1.78. The molecule has 3 heterocycles. The lowest BCUT2D eigenvalue weighted by Crippen LogP contribution is -2.47. The maximum absolute atomic E-state index is 10.8. The van der Waals surface area contributed by atoms with Crippen molar-refractivity contribution in [3.63, 3.8) is 0 Å². The van der Waals surface area contributed by atoms with E-state index < -0.39 is 0 Å². The molecule has 0 radical (unpaired) electrons. The van der Waals surface area contributed by atoms with Gasteiger partial charge in [-0.3, -0.25) is 4.79 Å². The number of rotatable bonds is 3. The van der Waals surface area contributed by atoms with Gasteiger partial charge in [0.25, 0.3) is 0 Å². The fraction of sp³-hybridized carbons (Fsp3) is 0.643. The lowest BCUT2D eigenvalue weighted by atomic mass is 10.3. The summed E-state index contributed by atoms with van der Waals surface area (Å²) in [4.78, 5) is 28.4. The number of amides is 1. The van der Waals surface area contributed by atoms with E-state index in [0.29, 0.717) is 0 Å². The Morgan fingerprint density at radius 2 is 1.67 bits per heavy atom. The van der Waals surface area contributed by atoms with Gasteiger partial charge in [0.1, 0.15) is 5.82 Å². The van der Waals surface area contributed by atoms with Crippen molar-refractivity contribution in [2.45, 2.75) is 0 Å². The van der Waals surface area contributed by atoms with E-state index in [0.717, 1.165) is 70.5 Å². The molecule has 114 valence electrons. The van der Waals surface area contributed by atoms with Crippen molar-refractivity contribution in [1.29, 1.82) is 0 Å². The zero-order valence-electron chi connectivity index (χ0n) is 12.5. The Kier molecular flexibility index (Phi) is 4.19. The van der Waals surface area contributed by atoms with Gasteiger partial charge in [0.15, 0.2) is 0 Å². The highest BCUT2D eigenvalue weighted by atomic mass is 16.1. The van der Waals surface area contributed by atoms with Gasteiger partial charge in [-0.2, -0.15) is 4.98 Å². The minimum absolute atomic E-state index is 0.742.